The Labute approximate surface area is 161 Å². The summed E-state index contributed by atoms with van der Waals surface area (Å²) < 4.78 is 5.96. The highest BCUT2D eigenvalue weighted by Gasteiger charge is 2.28. The number of unbranched alkanes of at least 4 members (excludes halogenated alkanes) is 11. The number of rotatable bonds is 16. The van der Waals surface area contributed by atoms with E-state index in [-0.39, 0.29) is 6.10 Å². The third-order valence-corrected chi connectivity index (χ3v) is 5.53. The molecule has 0 saturated carbocycles. The predicted molar refractivity (Wildman–Crippen MR) is 110 cm³/mol. The van der Waals surface area contributed by atoms with Crippen LogP contribution in [0.25, 0.3) is 0 Å². The monoisotopic (exact) mass is 366 g/mol. The first-order chi connectivity index (χ1) is 12.7. The fraction of sp³-hybridized carbons (Fsp3) is 0.870. The lowest BCUT2D eigenvalue weighted by atomic mass is 9.94. The van der Waals surface area contributed by atoms with Crippen molar-refractivity contribution in [2.24, 2.45) is 0 Å². The number of hydrogen-bond acceptors (Lipinski definition) is 3. The van der Waals surface area contributed by atoms with Gasteiger partial charge in [-0.05, 0) is 19.3 Å². The van der Waals surface area contributed by atoms with Gasteiger partial charge < -0.3 is 14.6 Å². The van der Waals surface area contributed by atoms with Crippen LogP contribution in [0, 0.1) is 0 Å². The number of ether oxygens (including phenoxy) is 1. The quantitative estimate of drug-likeness (QED) is 0.235. The number of carbonyl (C=O) groups is 1. The van der Waals surface area contributed by atoms with Gasteiger partial charge in [0.2, 0.25) is 0 Å². The highest BCUT2D eigenvalue weighted by Crippen LogP contribution is 2.29. The summed E-state index contributed by atoms with van der Waals surface area (Å²) in [6.07, 6.45) is 19.1. The summed E-state index contributed by atoms with van der Waals surface area (Å²) in [6, 6.07) is 0. The van der Waals surface area contributed by atoms with Gasteiger partial charge in [0.25, 0.3) is 0 Å². The maximum absolute atomic E-state index is 11.4. The van der Waals surface area contributed by atoms with E-state index in [9.17, 15) is 9.90 Å². The molecule has 0 aromatic carbocycles. The molecule has 0 amide bonds. The normalized spacial score (nSPS) is 20.5. The first-order valence-corrected chi connectivity index (χ1v) is 11.2. The smallest absolute Gasteiger partial charge is 0.153 e. The lowest BCUT2D eigenvalue weighted by molar-refractivity contribution is -0.121. The van der Waals surface area contributed by atoms with E-state index in [0.29, 0.717) is 12.2 Å². The van der Waals surface area contributed by atoms with E-state index in [4.69, 9.17) is 4.74 Å². The zero-order valence-electron chi connectivity index (χ0n) is 17.3. The van der Waals surface area contributed by atoms with Crippen molar-refractivity contribution in [3.05, 3.63) is 11.3 Å². The van der Waals surface area contributed by atoms with Gasteiger partial charge in [0.1, 0.15) is 6.10 Å². The van der Waals surface area contributed by atoms with Gasteiger partial charge >= 0.3 is 0 Å². The molecule has 152 valence electrons. The minimum atomic E-state index is -0.519. The number of carbonyl (C=O) groups excluding carboxylic acids is 1. The molecular weight excluding hydrogens is 324 g/mol. The Kier molecular flexibility index (Phi) is 13.6. The van der Waals surface area contributed by atoms with Crippen LogP contribution >= 0.6 is 0 Å². The summed E-state index contributed by atoms with van der Waals surface area (Å²) in [5, 5.41) is 10.4. The lowest BCUT2D eigenvalue weighted by Crippen LogP contribution is -2.31. The van der Waals surface area contributed by atoms with Crippen molar-refractivity contribution in [1.82, 2.24) is 0 Å². The topological polar surface area (TPSA) is 46.5 Å². The van der Waals surface area contributed by atoms with Gasteiger partial charge in [-0.2, -0.15) is 0 Å². The van der Waals surface area contributed by atoms with Crippen LogP contribution in [-0.4, -0.2) is 23.6 Å². The lowest BCUT2D eigenvalue weighted by Gasteiger charge is -2.29. The van der Waals surface area contributed by atoms with Crippen molar-refractivity contribution in [2.75, 3.05) is 0 Å². The number of aldehydes is 1. The maximum Gasteiger partial charge on any atom is 0.153 e. The van der Waals surface area contributed by atoms with Crippen LogP contribution in [0.1, 0.15) is 117 Å². The van der Waals surface area contributed by atoms with Crippen LogP contribution in [0.15, 0.2) is 11.3 Å². The number of hydrogen-bond donors (Lipinski definition) is 1. The molecule has 0 aliphatic carbocycles. The molecule has 1 aliphatic heterocycles. The molecule has 1 N–H and O–H groups in total. The van der Waals surface area contributed by atoms with Crippen molar-refractivity contribution in [3.8, 4) is 0 Å². The molecule has 0 aromatic rings. The Bertz CT molecular complexity index is 389. The molecule has 26 heavy (non-hydrogen) atoms. The molecule has 0 bridgehead atoms. The van der Waals surface area contributed by atoms with Gasteiger partial charge in [0.05, 0.1) is 11.9 Å². The Morgan fingerprint density at radius 2 is 1.42 bits per heavy atom. The Morgan fingerprint density at radius 1 is 0.885 bits per heavy atom. The molecule has 0 saturated heterocycles. The molecule has 0 aromatic heterocycles. The maximum atomic E-state index is 11.4. The highest BCUT2D eigenvalue weighted by atomic mass is 16.5. The summed E-state index contributed by atoms with van der Waals surface area (Å²) in [5.41, 5.74) is 0.833. The van der Waals surface area contributed by atoms with E-state index in [1.165, 1.54) is 64.2 Å². The Balaban J connectivity index is 2.20. The van der Waals surface area contributed by atoms with Crippen molar-refractivity contribution in [2.45, 2.75) is 129 Å². The largest absolute Gasteiger partial charge is 0.512 e. The van der Waals surface area contributed by atoms with Gasteiger partial charge in [0, 0.05) is 12.0 Å². The second-order valence-electron chi connectivity index (χ2n) is 7.92. The molecule has 1 heterocycles. The summed E-state index contributed by atoms with van der Waals surface area (Å²) >= 11 is 0. The van der Waals surface area contributed by atoms with Crippen molar-refractivity contribution in [3.63, 3.8) is 0 Å². The van der Waals surface area contributed by atoms with Crippen LogP contribution < -0.4 is 0 Å². The Hall–Kier alpha value is -0.830. The Morgan fingerprint density at radius 3 is 2.00 bits per heavy atom. The fourth-order valence-electron chi connectivity index (χ4n) is 3.84. The van der Waals surface area contributed by atoms with E-state index < -0.39 is 6.10 Å². The van der Waals surface area contributed by atoms with Gasteiger partial charge in [-0.25, -0.2) is 0 Å². The average molecular weight is 367 g/mol. The molecule has 2 unspecified atom stereocenters. The van der Waals surface area contributed by atoms with Crippen LogP contribution in [0.5, 0.6) is 0 Å². The minimum Gasteiger partial charge on any atom is -0.512 e. The molecule has 0 radical (unpaired) electrons. The van der Waals surface area contributed by atoms with Gasteiger partial charge in [-0.3, -0.25) is 0 Å². The highest BCUT2D eigenvalue weighted by molar-refractivity contribution is 5.62. The van der Waals surface area contributed by atoms with E-state index in [0.717, 1.165) is 44.0 Å². The molecule has 1 rings (SSSR count). The summed E-state index contributed by atoms with van der Waals surface area (Å²) in [6.45, 7) is 4.44. The SMILES string of the molecule is CCCCCCCCCCCC1CC(O)=C(CCCCCC)C(C=O)O1. The first-order valence-electron chi connectivity index (χ1n) is 11.2. The zero-order valence-corrected chi connectivity index (χ0v) is 17.3. The van der Waals surface area contributed by atoms with Crippen LogP contribution in [0.2, 0.25) is 0 Å². The third-order valence-electron chi connectivity index (χ3n) is 5.53. The zero-order chi connectivity index (χ0) is 19.0. The molecule has 0 fully saturated rings. The molecule has 0 spiro atoms. The minimum absolute atomic E-state index is 0.00847. The van der Waals surface area contributed by atoms with E-state index in [2.05, 4.69) is 13.8 Å². The number of aliphatic hydroxyl groups is 1. The summed E-state index contributed by atoms with van der Waals surface area (Å²) in [4.78, 5) is 11.4. The van der Waals surface area contributed by atoms with Gasteiger partial charge in [0.15, 0.2) is 6.29 Å². The standard InChI is InChI=1S/C23H42O3/c1-3-5-7-9-10-11-12-13-14-16-20-18-22(25)21(23(19-24)26-20)17-15-8-6-4-2/h19-20,23,25H,3-18H2,1-2H3. The van der Waals surface area contributed by atoms with Crippen molar-refractivity contribution in [1.29, 1.82) is 0 Å². The van der Waals surface area contributed by atoms with Crippen LogP contribution in [0.4, 0.5) is 0 Å². The molecule has 3 heteroatoms. The predicted octanol–water partition coefficient (Wildman–Crippen LogP) is 7.05. The molecule has 3 nitrogen and oxygen atoms in total. The van der Waals surface area contributed by atoms with Crippen LogP contribution in [-0.2, 0) is 9.53 Å². The van der Waals surface area contributed by atoms with Crippen molar-refractivity contribution >= 4 is 6.29 Å². The molecule has 1 aliphatic rings. The molecule has 2 atom stereocenters. The molecular formula is C23H42O3. The fourth-order valence-corrected chi connectivity index (χ4v) is 3.84. The number of aliphatic hydroxyl groups excluding tert-OH is 1. The van der Waals surface area contributed by atoms with E-state index >= 15 is 0 Å². The van der Waals surface area contributed by atoms with Crippen LogP contribution in [0.3, 0.4) is 0 Å². The average Bonchev–Trinajstić information content (AvgIpc) is 2.64. The third kappa shape index (κ3) is 9.75. The van der Waals surface area contributed by atoms with Gasteiger partial charge in [-0.15, -0.1) is 0 Å². The van der Waals surface area contributed by atoms with E-state index in [1.54, 1.807) is 0 Å². The summed E-state index contributed by atoms with van der Waals surface area (Å²) in [7, 11) is 0. The second kappa shape index (κ2) is 15.2. The first kappa shape index (κ1) is 23.2. The van der Waals surface area contributed by atoms with E-state index in [1.807, 2.05) is 0 Å². The van der Waals surface area contributed by atoms with Crippen molar-refractivity contribution < 1.29 is 14.6 Å². The summed E-state index contributed by atoms with van der Waals surface area (Å²) in [5.74, 6) is 0.422. The van der Waals surface area contributed by atoms with Gasteiger partial charge in [-0.1, -0.05) is 90.9 Å². The second-order valence-corrected chi connectivity index (χ2v) is 7.92.